The summed E-state index contributed by atoms with van der Waals surface area (Å²) < 4.78 is 2.33. The van der Waals surface area contributed by atoms with Crippen LogP contribution in [0.1, 0.15) is 43.0 Å². The third-order valence-electron chi connectivity index (χ3n) is 4.49. The second kappa shape index (κ2) is 4.82. The van der Waals surface area contributed by atoms with Gasteiger partial charge in [0, 0.05) is 42.0 Å². The largest absolute Gasteiger partial charge is 0.361 e. The van der Waals surface area contributed by atoms with Gasteiger partial charge in [0.1, 0.15) is 5.82 Å². The van der Waals surface area contributed by atoms with Gasteiger partial charge in [0.15, 0.2) is 0 Å². The quantitative estimate of drug-likeness (QED) is 0.761. The van der Waals surface area contributed by atoms with E-state index in [0.717, 1.165) is 6.54 Å². The molecule has 0 spiro atoms. The summed E-state index contributed by atoms with van der Waals surface area (Å²) in [5.41, 5.74) is 2.58. The van der Waals surface area contributed by atoms with Crippen LogP contribution in [0.2, 0.25) is 0 Å². The first-order chi connectivity index (χ1) is 9.92. The van der Waals surface area contributed by atoms with Crippen LogP contribution in [-0.4, -0.2) is 14.5 Å². The number of rotatable bonds is 3. The number of imidazole rings is 1. The summed E-state index contributed by atoms with van der Waals surface area (Å²) in [7, 11) is 0. The Labute approximate surface area is 118 Å². The topological polar surface area (TPSA) is 33.6 Å². The third-order valence-corrected chi connectivity index (χ3v) is 4.49. The molecule has 1 aromatic carbocycles. The summed E-state index contributed by atoms with van der Waals surface area (Å²) in [5.74, 6) is 1.94. The van der Waals surface area contributed by atoms with Gasteiger partial charge in [-0.15, -0.1) is 0 Å². The molecule has 1 aliphatic carbocycles. The SMILES string of the molecule is c1cc(Cn2ccnc2C2CCCC2)c2cc[nH]c2c1. The minimum atomic E-state index is 0.662. The summed E-state index contributed by atoms with van der Waals surface area (Å²) in [5, 5.41) is 1.32. The highest BCUT2D eigenvalue weighted by molar-refractivity contribution is 5.82. The van der Waals surface area contributed by atoms with Crippen LogP contribution >= 0.6 is 0 Å². The predicted molar refractivity (Wildman–Crippen MR) is 80.8 cm³/mol. The Morgan fingerprint density at radius 2 is 2.10 bits per heavy atom. The number of nitrogens with zero attached hydrogens (tertiary/aromatic N) is 2. The average molecular weight is 265 g/mol. The molecule has 4 rings (SSSR count). The fourth-order valence-corrected chi connectivity index (χ4v) is 3.47. The molecule has 0 bridgehead atoms. The van der Waals surface area contributed by atoms with E-state index in [1.165, 1.54) is 48.0 Å². The van der Waals surface area contributed by atoms with Crippen LogP contribution in [-0.2, 0) is 6.54 Å². The van der Waals surface area contributed by atoms with Crippen molar-refractivity contribution in [3.8, 4) is 0 Å². The Morgan fingerprint density at radius 1 is 1.20 bits per heavy atom. The molecule has 1 fully saturated rings. The van der Waals surface area contributed by atoms with E-state index < -0.39 is 0 Å². The lowest BCUT2D eigenvalue weighted by Gasteiger charge is -2.13. The molecule has 0 amide bonds. The summed E-state index contributed by atoms with van der Waals surface area (Å²) in [4.78, 5) is 7.90. The Morgan fingerprint density at radius 3 is 3.00 bits per heavy atom. The van der Waals surface area contributed by atoms with Gasteiger partial charge in [-0.25, -0.2) is 4.98 Å². The van der Waals surface area contributed by atoms with Crippen molar-refractivity contribution in [2.75, 3.05) is 0 Å². The first kappa shape index (κ1) is 11.8. The van der Waals surface area contributed by atoms with E-state index in [0.29, 0.717) is 5.92 Å². The second-order valence-electron chi connectivity index (χ2n) is 5.75. The maximum atomic E-state index is 4.62. The number of aromatic nitrogens is 3. The van der Waals surface area contributed by atoms with E-state index in [2.05, 4.69) is 45.0 Å². The van der Waals surface area contributed by atoms with Crippen LogP contribution in [0.4, 0.5) is 0 Å². The van der Waals surface area contributed by atoms with Gasteiger partial charge in [-0.05, 0) is 30.5 Å². The second-order valence-corrected chi connectivity index (χ2v) is 5.75. The van der Waals surface area contributed by atoms with Gasteiger partial charge in [-0.3, -0.25) is 0 Å². The minimum absolute atomic E-state index is 0.662. The monoisotopic (exact) mass is 265 g/mol. The zero-order chi connectivity index (χ0) is 13.4. The van der Waals surface area contributed by atoms with Crippen molar-refractivity contribution >= 4 is 10.9 Å². The van der Waals surface area contributed by atoms with Gasteiger partial charge in [-0.1, -0.05) is 25.0 Å². The Kier molecular flexibility index (Phi) is 2.84. The number of nitrogens with one attached hydrogen (secondary N) is 1. The van der Waals surface area contributed by atoms with E-state index in [9.17, 15) is 0 Å². The molecule has 1 N–H and O–H groups in total. The van der Waals surface area contributed by atoms with Crippen LogP contribution in [0, 0.1) is 0 Å². The molecule has 0 aliphatic heterocycles. The third kappa shape index (κ3) is 1.94. The van der Waals surface area contributed by atoms with Gasteiger partial charge >= 0.3 is 0 Å². The molecule has 1 aliphatic rings. The molecule has 1 saturated carbocycles. The molecule has 3 aromatic rings. The number of H-pyrrole nitrogens is 1. The van der Waals surface area contributed by atoms with Gasteiger partial charge < -0.3 is 9.55 Å². The molecule has 0 radical (unpaired) electrons. The van der Waals surface area contributed by atoms with Gasteiger partial charge in [0.2, 0.25) is 0 Å². The zero-order valence-electron chi connectivity index (χ0n) is 11.5. The highest BCUT2D eigenvalue weighted by atomic mass is 15.1. The summed E-state index contributed by atoms with van der Waals surface area (Å²) in [6.45, 7) is 0.918. The Balaban J connectivity index is 1.69. The lowest BCUT2D eigenvalue weighted by Crippen LogP contribution is -2.07. The van der Waals surface area contributed by atoms with Crippen LogP contribution in [0.25, 0.3) is 10.9 Å². The maximum absolute atomic E-state index is 4.62. The van der Waals surface area contributed by atoms with Crippen molar-refractivity contribution in [1.29, 1.82) is 0 Å². The molecule has 20 heavy (non-hydrogen) atoms. The van der Waals surface area contributed by atoms with Crippen LogP contribution in [0.5, 0.6) is 0 Å². The summed E-state index contributed by atoms with van der Waals surface area (Å²) in [6.07, 6.45) is 11.4. The molecule has 3 nitrogen and oxygen atoms in total. The molecule has 2 aromatic heterocycles. The number of fused-ring (bicyclic) bond motifs is 1. The van der Waals surface area contributed by atoms with Crippen molar-refractivity contribution < 1.29 is 0 Å². The van der Waals surface area contributed by atoms with Crippen molar-refractivity contribution in [2.45, 2.75) is 38.1 Å². The van der Waals surface area contributed by atoms with E-state index in [1.807, 2.05) is 12.4 Å². The number of aromatic amines is 1. The predicted octanol–water partition coefficient (Wildman–Crippen LogP) is 4.07. The van der Waals surface area contributed by atoms with Gasteiger partial charge in [-0.2, -0.15) is 0 Å². The molecular formula is C17H19N3. The average Bonchev–Trinajstić information content (AvgIpc) is 3.20. The normalized spacial score (nSPS) is 16.2. The summed E-state index contributed by atoms with van der Waals surface area (Å²) in [6, 6.07) is 8.64. The molecule has 0 atom stereocenters. The van der Waals surface area contributed by atoms with Gasteiger partial charge in [0.05, 0.1) is 0 Å². The first-order valence-corrected chi connectivity index (χ1v) is 7.48. The van der Waals surface area contributed by atoms with E-state index in [1.54, 1.807) is 0 Å². The molecule has 102 valence electrons. The fourth-order valence-electron chi connectivity index (χ4n) is 3.47. The lowest BCUT2D eigenvalue weighted by molar-refractivity contribution is 0.611. The van der Waals surface area contributed by atoms with Crippen LogP contribution in [0.3, 0.4) is 0 Å². The van der Waals surface area contributed by atoms with E-state index in [4.69, 9.17) is 0 Å². The van der Waals surface area contributed by atoms with Gasteiger partial charge in [0.25, 0.3) is 0 Å². The highest BCUT2D eigenvalue weighted by Gasteiger charge is 2.21. The number of hydrogen-bond donors (Lipinski definition) is 1. The first-order valence-electron chi connectivity index (χ1n) is 7.48. The Bertz CT molecular complexity index is 717. The maximum Gasteiger partial charge on any atom is 0.112 e. The fraction of sp³-hybridized carbons (Fsp3) is 0.353. The highest BCUT2D eigenvalue weighted by Crippen LogP contribution is 2.33. The van der Waals surface area contributed by atoms with Crippen LogP contribution in [0.15, 0.2) is 42.9 Å². The smallest absolute Gasteiger partial charge is 0.112 e. The lowest BCUT2D eigenvalue weighted by atomic mass is 10.1. The zero-order valence-corrected chi connectivity index (χ0v) is 11.5. The molecule has 3 heteroatoms. The van der Waals surface area contributed by atoms with Crippen molar-refractivity contribution in [3.63, 3.8) is 0 Å². The van der Waals surface area contributed by atoms with Crippen LogP contribution < -0.4 is 0 Å². The standard InChI is InChI=1S/C17H19N3/c1-2-5-13(4-1)17-19-10-11-20(17)12-14-6-3-7-16-15(14)8-9-18-16/h3,6-11,13,18H,1-2,4-5,12H2. The number of benzene rings is 1. The summed E-state index contributed by atoms with van der Waals surface area (Å²) >= 11 is 0. The molecular weight excluding hydrogens is 246 g/mol. The van der Waals surface area contributed by atoms with Crippen molar-refractivity contribution in [3.05, 3.63) is 54.2 Å². The molecule has 2 heterocycles. The van der Waals surface area contributed by atoms with E-state index >= 15 is 0 Å². The minimum Gasteiger partial charge on any atom is -0.361 e. The Hall–Kier alpha value is -2.03. The van der Waals surface area contributed by atoms with Crippen molar-refractivity contribution in [2.24, 2.45) is 0 Å². The van der Waals surface area contributed by atoms with E-state index in [-0.39, 0.29) is 0 Å². The molecule has 0 unspecified atom stereocenters. The molecule has 0 saturated heterocycles. The number of hydrogen-bond acceptors (Lipinski definition) is 1. The van der Waals surface area contributed by atoms with Crippen molar-refractivity contribution in [1.82, 2.24) is 14.5 Å².